The van der Waals surface area contributed by atoms with Crippen LogP contribution in [0.5, 0.6) is 0 Å². The molecule has 0 aromatic carbocycles. The van der Waals surface area contributed by atoms with Crippen LogP contribution in [0.1, 0.15) is 17.7 Å². The third kappa shape index (κ3) is 2.64. The lowest BCUT2D eigenvalue weighted by Crippen LogP contribution is -2.39. The van der Waals surface area contributed by atoms with Gasteiger partial charge in [0.05, 0.1) is 5.39 Å². The van der Waals surface area contributed by atoms with Gasteiger partial charge in [-0.1, -0.05) is 0 Å². The molecule has 0 radical (unpaired) electrons. The highest BCUT2D eigenvalue weighted by Crippen LogP contribution is 2.33. The number of hydrogen-bond donors (Lipinski definition) is 3. The number of nitrogens with zero attached hydrogens (tertiary/aromatic N) is 3. The Kier molecular flexibility index (Phi) is 3.64. The molecule has 1 aliphatic rings. The summed E-state index contributed by atoms with van der Waals surface area (Å²) in [6, 6.07) is 2.09. The molecule has 7 nitrogen and oxygen atoms in total. The number of hydrogen-bond acceptors (Lipinski definition) is 7. The maximum absolute atomic E-state index is 11.3. The van der Waals surface area contributed by atoms with Crippen molar-refractivity contribution in [2.75, 3.05) is 23.4 Å². The molecule has 2 aromatic rings. The summed E-state index contributed by atoms with van der Waals surface area (Å²) in [6.07, 6.45) is 1.52. The zero-order valence-electron chi connectivity index (χ0n) is 11.8. The number of aryl methyl sites for hydroxylation is 1. The van der Waals surface area contributed by atoms with Gasteiger partial charge in [-0.15, -0.1) is 11.3 Å². The van der Waals surface area contributed by atoms with Gasteiger partial charge in [0.15, 0.2) is 0 Å². The number of carbonyl (C=O) groups is 1. The first kappa shape index (κ1) is 14.0. The number of piperidine rings is 1. The van der Waals surface area contributed by atoms with Crippen LogP contribution in [0.4, 0.5) is 11.8 Å². The molecule has 112 valence electrons. The van der Waals surface area contributed by atoms with E-state index < -0.39 is 0 Å². The molecular formula is C13H18N6OS. The minimum atomic E-state index is -0.210. The molecule has 3 rings (SSSR count). The Bertz CT molecular complexity index is 677. The van der Waals surface area contributed by atoms with E-state index in [0.29, 0.717) is 5.95 Å². The number of nitrogen functional groups attached to an aromatic ring is 1. The van der Waals surface area contributed by atoms with Crippen LogP contribution in [0.3, 0.4) is 0 Å². The van der Waals surface area contributed by atoms with Crippen LogP contribution in [0.25, 0.3) is 10.2 Å². The molecule has 0 saturated carbocycles. The lowest BCUT2D eigenvalue weighted by molar-refractivity contribution is -0.122. The number of nitrogens with two attached hydrogens (primary N) is 2. The molecule has 0 aliphatic carbocycles. The number of thiophene rings is 1. The second-order valence-electron chi connectivity index (χ2n) is 5.25. The Balaban J connectivity index is 1.94. The van der Waals surface area contributed by atoms with E-state index in [2.05, 4.69) is 26.4 Å². The van der Waals surface area contributed by atoms with E-state index in [1.54, 1.807) is 11.3 Å². The molecule has 2 aromatic heterocycles. The minimum absolute atomic E-state index is 0.0325. The van der Waals surface area contributed by atoms with Gasteiger partial charge in [-0.2, -0.15) is 4.98 Å². The van der Waals surface area contributed by atoms with Crippen molar-refractivity contribution in [2.24, 2.45) is 17.5 Å². The lowest BCUT2D eigenvalue weighted by atomic mass is 9.96. The van der Waals surface area contributed by atoms with E-state index in [9.17, 15) is 4.79 Å². The van der Waals surface area contributed by atoms with Gasteiger partial charge in [0.25, 0.3) is 0 Å². The van der Waals surface area contributed by atoms with Gasteiger partial charge in [-0.05, 0) is 25.8 Å². The molecule has 1 aliphatic heterocycles. The molecule has 21 heavy (non-hydrogen) atoms. The van der Waals surface area contributed by atoms with Crippen molar-refractivity contribution in [3.05, 3.63) is 10.9 Å². The minimum Gasteiger partial charge on any atom is -0.369 e. The van der Waals surface area contributed by atoms with Gasteiger partial charge in [0, 0.05) is 23.9 Å². The first-order valence-electron chi connectivity index (χ1n) is 6.87. The number of carbonyl (C=O) groups excluding carboxylic acids is 1. The quantitative estimate of drug-likeness (QED) is 0.576. The third-order valence-corrected chi connectivity index (χ3v) is 4.77. The molecule has 5 N–H and O–H groups in total. The monoisotopic (exact) mass is 306 g/mol. The predicted molar refractivity (Wildman–Crippen MR) is 84.1 cm³/mol. The standard InChI is InChI=1S/C13H18N6OS/c1-7-6-9-11(16-13(18-15)17-12(9)21-7)19-4-2-8(3-5-19)10(14)20/h6,8H,2-5,15H2,1H3,(H2,14,20)(H,16,17,18). The second kappa shape index (κ2) is 5.45. The van der Waals surface area contributed by atoms with E-state index in [0.717, 1.165) is 42.0 Å². The summed E-state index contributed by atoms with van der Waals surface area (Å²) in [5, 5.41) is 1.04. The van der Waals surface area contributed by atoms with Gasteiger partial charge in [-0.25, -0.2) is 10.8 Å². The van der Waals surface area contributed by atoms with Crippen LogP contribution in [0, 0.1) is 12.8 Å². The average molecular weight is 306 g/mol. The molecule has 1 saturated heterocycles. The molecule has 0 atom stereocenters. The number of anilines is 2. The summed E-state index contributed by atoms with van der Waals surface area (Å²) in [4.78, 5) is 24.4. The summed E-state index contributed by atoms with van der Waals surface area (Å²) >= 11 is 1.62. The molecule has 0 spiro atoms. The van der Waals surface area contributed by atoms with Crippen LogP contribution < -0.4 is 21.9 Å². The van der Waals surface area contributed by atoms with Crippen molar-refractivity contribution in [2.45, 2.75) is 19.8 Å². The van der Waals surface area contributed by atoms with Gasteiger partial charge in [0.2, 0.25) is 11.9 Å². The Morgan fingerprint density at radius 3 is 2.76 bits per heavy atom. The normalized spacial score (nSPS) is 16.4. The number of hydrazine groups is 1. The van der Waals surface area contributed by atoms with E-state index in [4.69, 9.17) is 11.6 Å². The molecule has 8 heteroatoms. The fraction of sp³-hybridized carbons (Fsp3) is 0.462. The van der Waals surface area contributed by atoms with Crippen LogP contribution in [-0.2, 0) is 4.79 Å². The first-order chi connectivity index (χ1) is 10.1. The Morgan fingerprint density at radius 2 is 2.14 bits per heavy atom. The third-order valence-electron chi connectivity index (χ3n) is 3.82. The van der Waals surface area contributed by atoms with E-state index in [1.165, 1.54) is 4.88 Å². The van der Waals surface area contributed by atoms with Gasteiger partial charge >= 0.3 is 0 Å². The Morgan fingerprint density at radius 1 is 1.43 bits per heavy atom. The summed E-state index contributed by atoms with van der Waals surface area (Å²) < 4.78 is 0. The van der Waals surface area contributed by atoms with E-state index in [-0.39, 0.29) is 11.8 Å². The molecule has 0 unspecified atom stereocenters. The molecule has 1 fully saturated rings. The highest BCUT2D eigenvalue weighted by molar-refractivity contribution is 7.18. The van der Waals surface area contributed by atoms with Gasteiger partial charge in [-0.3, -0.25) is 10.2 Å². The molecule has 0 bridgehead atoms. The summed E-state index contributed by atoms with van der Waals surface area (Å²) in [5.74, 6) is 6.50. The topological polar surface area (TPSA) is 110 Å². The number of rotatable bonds is 3. The van der Waals surface area contributed by atoms with Crippen LogP contribution in [0.15, 0.2) is 6.07 Å². The fourth-order valence-corrected chi connectivity index (χ4v) is 3.58. The van der Waals surface area contributed by atoms with Crippen LogP contribution >= 0.6 is 11.3 Å². The highest BCUT2D eigenvalue weighted by atomic mass is 32.1. The number of amides is 1. The zero-order valence-corrected chi connectivity index (χ0v) is 12.6. The average Bonchev–Trinajstić information content (AvgIpc) is 2.86. The Labute approximate surface area is 126 Å². The van der Waals surface area contributed by atoms with Crippen molar-refractivity contribution < 1.29 is 4.79 Å². The number of fused-ring (bicyclic) bond motifs is 1. The molecular weight excluding hydrogens is 288 g/mol. The van der Waals surface area contributed by atoms with Crippen molar-refractivity contribution in [1.29, 1.82) is 0 Å². The second-order valence-corrected chi connectivity index (χ2v) is 6.49. The van der Waals surface area contributed by atoms with Crippen LogP contribution in [0.2, 0.25) is 0 Å². The fourth-order valence-electron chi connectivity index (χ4n) is 2.71. The van der Waals surface area contributed by atoms with Crippen molar-refractivity contribution in [3.8, 4) is 0 Å². The van der Waals surface area contributed by atoms with Gasteiger partial charge in [0.1, 0.15) is 10.6 Å². The van der Waals surface area contributed by atoms with Crippen molar-refractivity contribution in [3.63, 3.8) is 0 Å². The number of primary amides is 1. The maximum atomic E-state index is 11.3. The smallest absolute Gasteiger partial charge is 0.240 e. The predicted octanol–water partition coefficient (Wildman–Crippen LogP) is 0.987. The maximum Gasteiger partial charge on any atom is 0.240 e. The zero-order chi connectivity index (χ0) is 15.0. The van der Waals surface area contributed by atoms with E-state index in [1.807, 2.05) is 6.92 Å². The number of aromatic nitrogens is 2. The Hall–Kier alpha value is -1.93. The summed E-state index contributed by atoms with van der Waals surface area (Å²) in [6.45, 7) is 3.57. The SMILES string of the molecule is Cc1cc2c(N3CCC(C(N)=O)CC3)nc(NN)nc2s1. The van der Waals surface area contributed by atoms with Crippen LogP contribution in [-0.4, -0.2) is 29.0 Å². The summed E-state index contributed by atoms with van der Waals surface area (Å²) in [7, 11) is 0. The van der Waals surface area contributed by atoms with Crippen molar-refractivity contribution in [1.82, 2.24) is 9.97 Å². The van der Waals surface area contributed by atoms with E-state index >= 15 is 0 Å². The van der Waals surface area contributed by atoms with Gasteiger partial charge < -0.3 is 10.6 Å². The first-order valence-corrected chi connectivity index (χ1v) is 7.69. The largest absolute Gasteiger partial charge is 0.369 e. The lowest BCUT2D eigenvalue weighted by Gasteiger charge is -2.31. The van der Waals surface area contributed by atoms with Crippen molar-refractivity contribution >= 4 is 39.2 Å². The highest BCUT2D eigenvalue weighted by Gasteiger charge is 2.25. The number of nitrogens with one attached hydrogen (secondary N) is 1. The molecule has 3 heterocycles. The summed E-state index contributed by atoms with van der Waals surface area (Å²) in [5.41, 5.74) is 7.90. The molecule has 1 amide bonds.